The van der Waals surface area contributed by atoms with Gasteiger partial charge in [-0.2, -0.15) is 0 Å². The van der Waals surface area contributed by atoms with Crippen molar-refractivity contribution in [3.63, 3.8) is 0 Å². The fourth-order valence-electron chi connectivity index (χ4n) is 1.40. The molecule has 0 saturated carbocycles. The minimum absolute atomic E-state index is 0.00537. The lowest BCUT2D eigenvalue weighted by molar-refractivity contribution is -0.147. The zero-order valence-electron chi connectivity index (χ0n) is 7.81. The van der Waals surface area contributed by atoms with Gasteiger partial charge in [0.15, 0.2) is 29.2 Å². The average molecular weight is 230 g/mol. The molecular formula is C9H7FO6. The molecule has 0 fully saturated rings. The number of rotatable bonds is 2. The molecule has 0 amide bonds. The number of aromatic hydroxyl groups is 1. The van der Waals surface area contributed by atoms with Crippen molar-refractivity contribution in [2.24, 2.45) is 0 Å². The van der Waals surface area contributed by atoms with Crippen LogP contribution in [0.3, 0.4) is 0 Å². The van der Waals surface area contributed by atoms with Gasteiger partial charge in [-0.15, -0.1) is 0 Å². The van der Waals surface area contributed by atoms with Gasteiger partial charge in [0.25, 0.3) is 0 Å². The molecule has 0 spiro atoms. The van der Waals surface area contributed by atoms with Crippen molar-refractivity contribution in [3.8, 4) is 17.2 Å². The van der Waals surface area contributed by atoms with Crippen LogP contribution in [0.1, 0.15) is 11.7 Å². The summed E-state index contributed by atoms with van der Waals surface area (Å²) in [5.41, 5.74) is -0.639. The Morgan fingerprint density at radius 1 is 1.50 bits per heavy atom. The van der Waals surface area contributed by atoms with Gasteiger partial charge < -0.3 is 24.8 Å². The first kappa shape index (κ1) is 10.5. The van der Waals surface area contributed by atoms with Crippen molar-refractivity contribution >= 4 is 5.97 Å². The number of ether oxygens (including phenoxy) is 2. The molecule has 1 aromatic carbocycles. The van der Waals surface area contributed by atoms with Crippen molar-refractivity contribution in [2.45, 2.75) is 6.10 Å². The van der Waals surface area contributed by atoms with Crippen LogP contribution in [-0.2, 0) is 4.79 Å². The highest BCUT2D eigenvalue weighted by atomic mass is 19.1. The van der Waals surface area contributed by atoms with Crippen LogP contribution in [0.15, 0.2) is 6.07 Å². The van der Waals surface area contributed by atoms with Crippen LogP contribution in [0.2, 0.25) is 0 Å². The summed E-state index contributed by atoms with van der Waals surface area (Å²) in [5, 5.41) is 27.0. The van der Waals surface area contributed by atoms with Crippen LogP contribution in [0.25, 0.3) is 0 Å². The van der Waals surface area contributed by atoms with Crippen molar-refractivity contribution in [3.05, 3.63) is 17.4 Å². The van der Waals surface area contributed by atoms with E-state index in [1.165, 1.54) is 0 Å². The molecule has 86 valence electrons. The minimum atomic E-state index is -2.12. The van der Waals surface area contributed by atoms with Crippen LogP contribution >= 0.6 is 0 Å². The van der Waals surface area contributed by atoms with Gasteiger partial charge in [-0.05, 0) is 0 Å². The second-order valence-corrected chi connectivity index (χ2v) is 3.10. The lowest BCUT2D eigenvalue weighted by atomic mass is 10.1. The van der Waals surface area contributed by atoms with Gasteiger partial charge >= 0.3 is 5.97 Å². The maximum atomic E-state index is 13.5. The highest BCUT2D eigenvalue weighted by molar-refractivity contribution is 5.76. The van der Waals surface area contributed by atoms with E-state index in [0.717, 1.165) is 6.07 Å². The molecule has 1 unspecified atom stereocenters. The van der Waals surface area contributed by atoms with Crippen LogP contribution in [-0.4, -0.2) is 28.1 Å². The number of aliphatic hydroxyl groups is 1. The summed E-state index contributed by atoms with van der Waals surface area (Å²) >= 11 is 0. The normalized spacial score (nSPS) is 14.9. The first-order valence-electron chi connectivity index (χ1n) is 4.24. The maximum absolute atomic E-state index is 13.5. The molecule has 0 aromatic heterocycles. The number of carboxylic acids is 1. The fourth-order valence-corrected chi connectivity index (χ4v) is 1.40. The summed E-state index contributed by atoms with van der Waals surface area (Å²) < 4.78 is 23.2. The summed E-state index contributed by atoms with van der Waals surface area (Å²) in [6.45, 7) is -0.225. The number of carboxylic acid groups (broad SMARTS) is 1. The Morgan fingerprint density at radius 3 is 2.81 bits per heavy atom. The molecule has 1 heterocycles. The van der Waals surface area contributed by atoms with Crippen molar-refractivity contribution < 1.29 is 34.0 Å². The Balaban J connectivity index is 2.63. The van der Waals surface area contributed by atoms with Crippen LogP contribution in [0.4, 0.5) is 4.39 Å². The zero-order valence-corrected chi connectivity index (χ0v) is 7.81. The molecular weight excluding hydrogens is 223 g/mol. The van der Waals surface area contributed by atoms with Crippen LogP contribution in [0, 0.1) is 5.82 Å². The quantitative estimate of drug-likeness (QED) is 0.679. The summed E-state index contributed by atoms with van der Waals surface area (Å²) in [6, 6.07) is 0.954. The van der Waals surface area contributed by atoms with Gasteiger partial charge in [0.2, 0.25) is 6.79 Å². The number of phenolic OH excluding ortho intramolecular Hbond substituents is 1. The predicted octanol–water partition coefficient (Wildman–Crippen LogP) is 0.378. The Hall–Kier alpha value is -2.02. The summed E-state index contributed by atoms with van der Waals surface area (Å²) in [6.07, 6.45) is -2.12. The average Bonchev–Trinajstić information content (AvgIpc) is 2.66. The Morgan fingerprint density at radius 2 is 2.19 bits per heavy atom. The largest absolute Gasteiger partial charge is 0.505 e. The summed E-state index contributed by atoms with van der Waals surface area (Å²) in [7, 11) is 0. The second kappa shape index (κ2) is 3.53. The molecule has 0 aliphatic carbocycles. The van der Waals surface area contributed by atoms with E-state index < -0.39 is 29.2 Å². The first-order valence-corrected chi connectivity index (χ1v) is 4.24. The van der Waals surface area contributed by atoms with Crippen LogP contribution < -0.4 is 9.47 Å². The molecule has 6 nitrogen and oxygen atoms in total. The number of aliphatic hydroxyl groups excluding tert-OH is 1. The summed E-state index contributed by atoms with van der Waals surface area (Å²) in [4.78, 5) is 10.6. The first-order chi connectivity index (χ1) is 7.52. The zero-order chi connectivity index (χ0) is 11.9. The third-order valence-electron chi connectivity index (χ3n) is 2.12. The van der Waals surface area contributed by atoms with Crippen molar-refractivity contribution in [2.75, 3.05) is 6.79 Å². The molecule has 2 rings (SSSR count). The summed E-state index contributed by atoms with van der Waals surface area (Å²) in [5.74, 6) is -3.90. The van der Waals surface area contributed by atoms with E-state index >= 15 is 0 Å². The van der Waals surface area contributed by atoms with E-state index in [1.807, 2.05) is 0 Å². The Kier molecular flexibility index (Phi) is 2.31. The third kappa shape index (κ3) is 1.41. The van der Waals surface area contributed by atoms with Gasteiger partial charge in [-0.1, -0.05) is 0 Å². The third-order valence-corrected chi connectivity index (χ3v) is 2.12. The van der Waals surface area contributed by atoms with Crippen molar-refractivity contribution in [1.29, 1.82) is 0 Å². The number of benzene rings is 1. The lowest BCUT2D eigenvalue weighted by Gasteiger charge is -2.11. The number of hydrogen-bond acceptors (Lipinski definition) is 5. The van der Waals surface area contributed by atoms with E-state index in [0.29, 0.717) is 0 Å². The lowest BCUT2D eigenvalue weighted by Crippen LogP contribution is -2.13. The number of halogens is 1. The molecule has 0 radical (unpaired) electrons. The molecule has 1 atom stereocenters. The van der Waals surface area contributed by atoms with Gasteiger partial charge in [0.05, 0.1) is 5.56 Å². The van der Waals surface area contributed by atoms with E-state index in [1.54, 1.807) is 0 Å². The standard InChI is InChI=1S/C9H7FO6/c10-6-3(11)1-4-8(16-2-15-4)5(6)7(12)9(13)14/h1,7,11-12H,2H2,(H,13,14). The topological polar surface area (TPSA) is 96.2 Å². The smallest absolute Gasteiger partial charge is 0.337 e. The van der Waals surface area contributed by atoms with Gasteiger partial charge in [0, 0.05) is 6.07 Å². The molecule has 1 aliphatic heterocycles. The van der Waals surface area contributed by atoms with Gasteiger partial charge in [0.1, 0.15) is 0 Å². The Labute approximate surface area is 88.5 Å². The van der Waals surface area contributed by atoms with E-state index in [4.69, 9.17) is 14.6 Å². The molecule has 7 heteroatoms. The second-order valence-electron chi connectivity index (χ2n) is 3.10. The molecule has 0 bridgehead atoms. The monoisotopic (exact) mass is 230 g/mol. The maximum Gasteiger partial charge on any atom is 0.337 e. The van der Waals surface area contributed by atoms with E-state index in [9.17, 15) is 19.4 Å². The van der Waals surface area contributed by atoms with E-state index in [2.05, 4.69) is 0 Å². The molecule has 0 saturated heterocycles. The number of fused-ring (bicyclic) bond motifs is 1. The number of hydrogen-bond donors (Lipinski definition) is 3. The fraction of sp³-hybridized carbons (Fsp3) is 0.222. The Bertz CT molecular complexity index is 458. The molecule has 3 N–H and O–H groups in total. The minimum Gasteiger partial charge on any atom is -0.505 e. The number of aliphatic carboxylic acids is 1. The van der Waals surface area contributed by atoms with Crippen molar-refractivity contribution in [1.82, 2.24) is 0 Å². The molecule has 1 aliphatic rings. The molecule has 16 heavy (non-hydrogen) atoms. The van der Waals surface area contributed by atoms with E-state index in [-0.39, 0.29) is 18.3 Å². The highest BCUT2D eigenvalue weighted by Crippen LogP contribution is 2.43. The van der Waals surface area contributed by atoms with Crippen LogP contribution in [0.5, 0.6) is 17.2 Å². The highest BCUT2D eigenvalue weighted by Gasteiger charge is 2.32. The SMILES string of the molecule is O=C(O)C(O)c1c(F)c(O)cc2c1OCO2. The number of phenols is 1. The van der Waals surface area contributed by atoms with Gasteiger partial charge in [-0.25, -0.2) is 9.18 Å². The number of carbonyl (C=O) groups is 1. The molecule has 1 aromatic rings. The predicted molar refractivity (Wildman–Crippen MR) is 46.8 cm³/mol. The van der Waals surface area contributed by atoms with Gasteiger partial charge in [-0.3, -0.25) is 0 Å².